The summed E-state index contributed by atoms with van der Waals surface area (Å²) in [5.41, 5.74) is 1.14. The molecular formula is C14H13BrO2S. The lowest BCUT2D eigenvalue weighted by atomic mass is 10.0. The first-order valence-electron chi connectivity index (χ1n) is 5.61. The second kappa shape index (κ2) is 5.67. The summed E-state index contributed by atoms with van der Waals surface area (Å²) in [6.07, 6.45) is 0.836. The minimum atomic E-state index is 0.377. The summed E-state index contributed by atoms with van der Waals surface area (Å²) in [5.74, 6) is 1.93. The minimum absolute atomic E-state index is 0.377. The van der Waals surface area contributed by atoms with E-state index in [9.17, 15) is 4.79 Å². The first kappa shape index (κ1) is 13.3. The number of benzene rings is 1. The fourth-order valence-electron chi connectivity index (χ4n) is 1.64. The van der Waals surface area contributed by atoms with Crippen LogP contribution in [0.2, 0.25) is 0 Å². The number of ether oxygens (including phenoxy) is 1. The zero-order valence-electron chi connectivity index (χ0n) is 10.1. The summed E-state index contributed by atoms with van der Waals surface area (Å²) in [7, 11) is 0. The highest BCUT2D eigenvalue weighted by Crippen LogP contribution is 2.34. The molecule has 0 atom stereocenters. The predicted molar refractivity (Wildman–Crippen MR) is 78.0 cm³/mol. The molecule has 2 aromatic rings. The Bertz CT molecular complexity index is 561. The maximum Gasteiger partial charge on any atom is 0.160 e. The van der Waals surface area contributed by atoms with Gasteiger partial charge < -0.3 is 4.74 Å². The Morgan fingerprint density at radius 1 is 1.33 bits per heavy atom. The highest BCUT2D eigenvalue weighted by molar-refractivity contribution is 9.10. The van der Waals surface area contributed by atoms with E-state index in [2.05, 4.69) is 35.8 Å². The topological polar surface area (TPSA) is 26.3 Å². The van der Waals surface area contributed by atoms with Crippen LogP contribution in [0.3, 0.4) is 0 Å². The fraction of sp³-hybridized carbons (Fsp3) is 0.214. The van der Waals surface area contributed by atoms with E-state index < -0.39 is 0 Å². The molecule has 0 fully saturated rings. The zero-order valence-corrected chi connectivity index (χ0v) is 12.5. The maximum absolute atomic E-state index is 10.6. The van der Waals surface area contributed by atoms with E-state index in [1.807, 2.05) is 17.5 Å². The standard InChI is InChI=1S/C14H13BrO2S/c1-9(2)13-5-10(15)3-4-14(13)17-11-6-12(7-16)18-8-11/h3-9H,1-2H3. The van der Waals surface area contributed by atoms with Crippen molar-refractivity contribution in [3.63, 3.8) is 0 Å². The van der Waals surface area contributed by atoms with Crippen molar-refractivity contribution in [2.24, 2.45) is 0 Å². The van der Waals surface area contributed by atoms with Crippen molar-refractivity contribution in [2.75, 3.05) is 0 Å². The fourth-order valence-corrected chi connectivity index (χ4v) is 2.63. The highest BCUT2D eigenvalue weighted by atomic mass is 79.9. The number of rotatable bonds is 4. The third kappa shape index (κ3) is 3.00. The van der Waals surface area contributed by atoms with E-state index >= 15 is 0 Å². The van der Waals surface area contributed by atoms with Gasteiger partial charge in [0.2, 0.25) is 0 Å². The highest BCUT2D eigenvalue weighted by Gasteiger charge is 2.10. The molecule has 0 saturated carbocycles. The van der Waals surface area contributed by atoms with E-state index in [1.165, 1.54) is 11.3 Å². The Balaban J connectivity index is 2.30. The number of hydrogen-bond donors (Lipinski definition) is 0. The number of carbonyl (C=O) groups excluding carboxylic acids is 1. The molecular weight excluding hydrogens is 312 g/mol. The van der Waals surface area contributed by atoms with Crippen molar-refractivity contribution in [1.82, 2.24) is 0 Å². The van der Waals surface area contributed by atoms with E-state index in [0.29, 0.717) is 16.5 Å². The molecule has 2 rings (SSSR count). The van der Waals surface area contributed by atoms with Crippen molar-refractivity contribution in [1.29, 1.82) is 0 Å². The van der Waals surface area contributed by atoms with Gasteiger partial charge in [-0.05, 0) is 29.7 Å². The normalized spacial score (nSPS) is 10.7. The van der Waals surface area contributed by atoms with E-state index in [-0.39, 0.29) is 0 Å². The molecule has 1 heterocycles. The average molecular weight is 325 g/mol. The summed E-state index contributed by atoms with van der Waals surface area (Å²) in [4.78, 5) is 11.3. The Hall–Kier alpha value is -1.13. The van der Waals surface area contributed by atoms with Crippen LogP contribution >= 0.6 is 27.3 Å². The SMILES string of the molecule is CC(C)c1cc(Br)ccc1Oc1csc(C=O)c1. The minimum Gasteiger partial charge on any atom is -0.456 e. The molecule has 0 saturated heterocycles. The maximum atomic E-state index is 10.6. The molecule has 0 aliphatic heterocycles. The monoisotopic (exact) mass is 324 g/mol. The van der Waals surface area contributed by atoms with Gasteiger partial charge in [0.1, 0.15) is 11.5 Å². The van der Waals surface area contributed by atoms with E-state index in [1.54, 1.807) is 6.07 Å². The largest absolute Gasteiger partial charge is 0.456 e. The quantitative estimate of drug-likeness (QED) is 0.719. The van der Waals surface area contributed by atoms with Gasteiger partial charge in [-0.2, -0.15) is 0 Å². The number of carbonyl (C=O) groups is 1. The van der Waals surface area contributed by atoms with Gasteiger partial charge in [0, 0.05) is 15.9 Å². The van der Waals surface area contributed by atoms with Crippen molar-refractivity contribution in [2.45, 2.75) is 19.8 Å². The smallest absolute Gasteiger partial charge is 0.160 e. The van der Waals surface area contributed by atoms with E-state index in [4.69, 9.17) is 4.74 Å². The Morgan fingerprint density at radius 3 is 2.72 bits per heavy atom. The third-order valence-corrected chi connectivity index (χ3v) is 3.86. The number of aldehydes is 1. The molecule has 0 N–H and O–H groups in total. The van der Waals surface area contributed by atoms with Crippen LogP contribution in [0.4, 0.5) is 0 Å². The van der Waals surface area contributed by atoms with Crippen molar-refractivity contribution in [3.8, 4) is 11.5 Å². The molecule has 0 radical (unpaired) electrons. The molecule has 0 aliphatic rings. The van der Waals surface area contributed by atoms with Crippen LogP contribution in [0.15, 0.2) is 34.1 Å². The predicted octanol–water partition coefficient (Wildman–Crippen LogP) is 5.24. The molecule has 0 aliphatic carbocycles. The second-order valence-electron chi connectivity index (χ2n) is 4.24. The number of thiophene rings is 1. The summed E-state index contributed by atoms with van der Waals surface area (Å²) in [6.45, 7) is 4.25. The lowest BCUT2D eigenvalue weighted by molar-refractivity contribution is 0.112. The summed E-state index contributed by atoms with van der Waals surface area (Å²) < 4.78 is 6.88. The van der Waals surface area contributed by atoms with Crippen molar-refractivity contribution >= 4 is 33.6 Å². The first-order valence-corrected chi connectivity index (χ1v) is 7.28. The molecule has 0 amide bonds. The van der Waals surface area contributed by atoms with Crippen molar-refractivity contribution < 1.29 is 9.53 Å². The molecule has 0 bridgehead atoms. The lowest BCUT2D eigenvalue weighted by Gasteiger charge is -2.13. The summed E-state index contributed by atoms with van der Waals surface area (Å²) >= 11 is 4.85. The molecule has 4 heteroatoms. The first-order chi connectivity index (χ1) is 8.60. The van der Waals surface area contributed by atoms with Gasteiger partial charge in [-0.25, -0.2) is 0 Å². The Morgan fingerprint density at radius 2 is 2.11 bits per heavy atom. The van der Waals surface area contributed by atoms with Gasteiger partial charge in [-0.1, -0.05) is 29.8 Å². The van der Waals surface area contributed by atoms with Crippen LogP contribution in [0.1, 0.15) is 35.0 Å². The van der Waals surface area contributed by atoms with Gasteiger partial charge in [0.25, 0.3) is 0 Å². The number of halogens is 1. The van der Waals surface area contributed by atoms with Gasteiger partial charge in [-0.3, -0.25) is 4.79 Å². The van der Waals surface area contributed by atoms with Crippen LogP contribution in [-0.4, -0.2) is 6.29 Å². The van der Waals surface area contributed by atoms with Crippen molar-refractivity contribution in [3.05, 3.63) is 44.6 Å². The molecule has 94 valence electrons. The van der Waals surface area contributed by atoms with Crippen LogP contribution < -0.4 is 4.74 Å². The van der Waals surface area contributed by atoms with Crippen LogP contribution in [0.5, 0.6) is 11.5 Å². The molecule has 0 spiro atoms. The average Bonchev–Trinajstić information content (AvgIpc) is 2.79. The van der Waals surface area contributed by atoms with Crippen LogP contribution in [0, 0.1) is 0 Å². The van der Waals surface area contributed by atoms with Crippen LogP contribution in [0.25, 0.3) is 0 Å². The molecule has 1 aromatic heterocycles. The Kier molecular flexibility index (Phi) is 4.19. The van der Waals surface area contributed by atoms with Gasteiger partial charge in [-0.15, -0.1) is 11.3 Å². The third-order valence-electron chi connectivity index (χ3n) is 2.53. The molecule has 1 aromatic carbocycles. The van der Waals surface area contributed by atoms with Gasteiger partial charge in [0.15, 0.2) is 6.29 Å². The Labute approximate surface area is 119 Å². The number of hydrogen-bond acceptors (Lipinski definition) is 3. The molecule has 2 nitrogen and oxygen atoms in total. The lowest BCUT2D eigenvalue weighted by Crippen LogP contribution is -1.93. The summed E-state index contributed by atoms with van der Waals surface area (Å²) in [6, 6.07) is 7.71. The molecule has 0 unspecified atom stereocenters. The molecule has 18 heavy (non-hydrogen) atoms. The zero-order chi connectivity index (χ0) is 13.1. The van der Waals surface area contributed by atoms with E-state index in [0.717, 1.165) is 22.1 Å². The van der Waals surface area contributed by atoms with Gasteiger partial charge >= 0.3 is 0 Å². The van der Waals surface area contributed by atoms with Gasteiger partial charge in [0.05, 0.1) is 4.88 Å². The summed E-state index contributed by atoms with van der Waals surface area (Å²) in [5, 5.41) is 1.84. The second-order valence-corrected chi connectivity index (χ2v) is 6.10. The van der Waals surface area contributed by atoms with Crippen LogP contribution in [-0.2, 0) is 0 Å².